The van der Waals surface area contributed by atoms with Gasteiger partial charge in [0.05, 0.1) is 12.1 Å². The van der Waals surface area contributed by atoms with E-state index < -0.39 is 0 Å². The van der Waals surface area contributed by atoms with Crippen LogP contribution in [0.25, 0.3) is 0 Å². The van der Waals surface area contributed by atoms with Crippen molar-refractivity contribution < 1.29 is 14.3 Å². The van der Waals surface area contributed by atoms with E-state index in [0.29, 0.717) is 30.0 Å². The molecule has 1 rings (SSSR count). The molecule has 0 unspecified atom stereocenters. The van der Waals surface area contributed by atoms with Gasteiger partial charge in [-0.05, 0) is 38.8 Å². The number of carbonyl (C=O) groups excluding carboxylic acids is 2. The number of nitrogens with one attached hydrogen (secondary N) is 3. The van der Waals surface area contributed by atoms with Gasteiger partial charge in [-0.2, -0.15) is 0 Å². The normalized spacial score (nSPS) is 10.3. The minimum absolute atomic E-state index is 0.0739. The van der Waals surface area contributed by atoms with E-state index in [1.807, 2.05) is 26.8 Å². The van der Waals surface area contributed by atoms with Crippen molar-refractivity contribution in [3.05, 3.63) is 27.5 Å². The Hall–Kier alpha value is -1.73. The first-order valence-electron chi connectivity index (χ1n) is 7.28. The van der Waals surface area contributed by atoms with Crippen LogP contribution in [0, 0.1) is 18.5 Å². The number of hydrogen-bond donors (Lipinski definition) is 3. The SMILES string of the molecule is CCOCCCNC(=O)CNC(=O)c1c(C)cc(C)[nH]c1=S. The summed E-state index contributed by atoms with van der Waals surface area (Å²) in [6.07, 6.45) is 0.746. The van der Waals surface area contributed by atoms with Crippen molar-refractivity contribution in [3.63, 3.8) is 0 Å². The third kappa shape index (κ3) is 5.95. The van der Waals surface area contributed by atoms with Gasteiger partial charge in [0.15, 0.2) is 0 Å². The Bertz CT molecular complexity index is 584. The van der Waals surface area contributed by atoms with Gasteiger partial charge < -0.3 is 20.4 Å². The predicted molar refractivity (Wildman–Crippen MR) is 87.6 cm³/mol. The number of rotatable bonds is 8. The lowest BCUT2D eigenvalue weighted by atomic mass is 10.1. The van der Waals surface area contributed by atoms with Gasteiger partial charge in [-0.25, -0.2) is 0 Å². The summed E-state index contributed by atoms with van der Waals surface area (Å²) in [6.45, 7) is 7.35. The summed E-state index contributed by atoms with van der Waals surface area (Å²) in [5, 5.41) is 5.30. The number of aryl methyl sites for hydroxylation is 2. The molecule has 0 bridgehead atoms. The molecular formula is C15H23N3O3S. The predicted octanol–water partition coefficient (Wildman–Crippen LogP) is 1.63. The van der Waals surface area contributed by atoms with Gasteiger partial charge in [0.25, 0.3) is 5.91 Å². The Morgan fingerprint density at radius 2 is 2.05 bits per heavy atom. The smallest absolute Gasteiger partial charge is 0.254 e. The Morgan fingerprint density at radius 1 is 1.32 bits per heavy atom. The van der Waals surface area contributed by atoms with Gasteiger partial charge in [-0.1, -0.05) is 12.2 Å². The molecule has 0 saturated heterocycles. The number of aromatic nitrogens is 1. The maximum absolute atomic E-state index is 12.1. The molecule has 122 valence electrons. The summed E-state index contributed by atoms with van der Waals surface area (Å²) in [6, 6.07) is 1.85. The van der Waals surface area contributed by atoms with Gasteiger partial charge in [0, 0.05) is 25.5 Å². The fourth-order valence-electron chi connectivity index (χ4n) is 1.99. The topological polar surface area (TPSA) is 83.2 Å². The standard InChI is InChI=1S/C15H23N3O3S/c1-4-21-7-5-6-16-12(19)9-17-14(20)13-10(2)8-11(3)18-15(13)22/h8H,4-7,9H2,1-3H3,(H,16,19)(H,17,20)(H,18,22). The average molecular weight is 325 g/mol. The summed E-state index contributed by atoms with van der Waals surface area (Å²) >= 11 is 5.16. The van der Waals surface area contributed by atoms with E-state index in [0.717, 1.165) is 17.7 Å². The summed E-state index contributed by atoms with van der Waals surface area (Å²) in [5.74, 6) is -0.576. The van der Waals surface area contributed by atoms with Gasteiger partial charge in [0.1, 0.15) is 4.64 Å². The summed E-state index contributed by atoms with van der Waals surface area (Å²) < 4.78 is 5.55. The van der Waals surface area contributed by atoms with Crippen molar-refractivity contribution in [2.24, 2.45) is 0 Å². The molecule has 0 aliphatic rings. The van der Waals surface area contributed by atoms with E-state index in [1.54, 1.807) is 0 Å². The number of pyridine rings is 1. The van der Waals surface area contributed by atoms with Crippen LogP contribution in [-0.2, 0) is 9.53 Å². The van der Waals surface area contributed by atoms with Crippen molar-refractivity contribution in [1.82, 2.24) is 15.6 Å². The molecule has 3 N–H and O–H groups in total. The molecule has 0 aliphatic heterocycles. The Morgan fingerprint density at radius 3 is 2.68 bits per heavy atom. The molecule has 7 heteroatoms. The third-order valence-corrected chi connectivity index (χ3v) is 3.30. The lowest BCUT2D eigenvalue weighted by Gasteiger charge is -2.09. The molecule has 1 aromatic heterocycles. The Labute approximate surface area is 135 Å². The van der Waals surface area contributed by atoms with Gasteiger partial charge in [-0.3, -0.25) is 9.59 Å². The second-order valence-electron chi connectivity index (χ2n) is 4.92. The van der Waals surface area contributed by atoms with Crippen LogP contribution in [0.2, 0.25) is 0 Å². The maximum atomic E-state index is 12.1. The lowest BCUT2D eigenvalue weighted by Crippen LogP contribution is -2.37. The molecule has 0 atom stereocenters. The molecule has 2 amide bonds. The van der Waals surface area contributed by atoms with Crippen LogP contribution in [0.5, 0.6) is 0 Å². The van der Waals surface area contributed by atoms with Crippen LogP contribution in [0.1, 0.15) is 35.0 Å². The average Bonchev–Trinajstić information content (AvgIpc) is 2.43. The summed E-state index contributed by atoms with van der Waals surface area (Å²) in [7, 11) is 0. The van der Waals surface area contributed by atoms with Crippen LogP contribution in [0.15, 0.2) is 6.07 Å². The highest BCUT2D eigenvalue weighted by molar-refractivity contribution is 7.71. The lowest BCUT2D eigenvalue weighted by molar-refractivity contribution is -0.120. The quantitative estimate of drug-likeness (QED) is 0.501. The first-order chi connectivity index (χ1) is 10.5. The number of carbonyl (C=O) groups is 2. The minimum Gasteiger partial charge on any atom is -0.382 e. The highest BCUT2D eigenvalue weighted by Crippen LogP contribution is 2.10. The van der Waals surface area contributed by atoms with Crippen LogP contribution < -0.4 is 10.6 Å². The highest BCUT2D eigenvalue weighted by atomic mass is 32.1. The molecule has 0 aromatic carbocycles. The number of hydrogen-bond acceptors (Lipinski definition) is 4. The van der Waals surface area contributed by atoms with Crippen LogP contribution in [0.3, 0.4) is 0 Å². The van der Waals surface area contributed by atoms with Crippen LogP contribution in [-0.4, -0.2) is 43.1 Å². The molecular weight excluding hydrogens is 302 g/mol. The maximum Gasteiger partial charge on any atom is 0.254 e. The molecule has 1 heterocycles. The van der Waals surface area contributed by atoms with E-state index in [4.69, 9.17) is 17.0 Å². The van der Waals surface area contributed by atoms with E-state index >= 15 is 0 Å². The van der Waals surface area contributed by atoms with Crippen molar-refractivity contribution in [2.75, 3.05) is 26.3 Å². The first kappa shape index (κ1) is 18.3. The van der Waals surface area contributed by atoms with E-state index in [1.165, 1.54) is 0 Å². The summed E-state index contributed by atoms with van der Waals surface area (Å²) in [5.41, 5.74) is 2.09. The zero-order chi connectivity index (χ0) is 16.5. The zero-order valence-electron chi connectivity index (χ0n) is 13.2. The molecule has 0 radical (unpaired) electrons. The van der Waals surface area contributed by atoms with Crippen LogP contribution in [0.4, 0.5) is 0 Å². The van der Waals surface area contributed by atoms with Gasteiger partial charge >= 0.3 is 0 Å². The largest absolute Gasteiger partial charge is 0.382 e. The minimum atomic E-state index is -0.344. The summed E-state index contributed by atoms with van der Waals surface area (Å²) in [4.78, 5) is 26.7. The number of amides is 2. The van der Waals surface area contributed by atoms with E-state index in [9.17, 15) is 9.59 Å². The first-order valence-corrected chi connectivity index (χ1v) is 7.69. The molecule has 0 aliphatic carbocycles. The fraction of sp³-hybridized carbons (Fsp3) is 0.533. The molecule has 0 fully saturated rings. The van der Waals surface area contributed by atoms with Crippen molar-refractivity contribution in [2.45, 2.75) is 27.2 Å². The van der Waals surface area contributed by atoms with Gasteiger partial charge in [-0.15, -0.1) is 0 Å². The number of aromatic amines is 1. The fourth-order valence-corrected chi connectivity index (χ4v) is 2.41. The van der Waals surface area contributed by atoms with Crippen molar-refractivity contribution in [1.29, 1.82) is 0 Å². The van der Waals surface area contributed by atoms with Gasteiger partial charge in [0.2, 0.25) is 5.91 Å². The Balaban J connectivity index is 2.43. The highest BCUT2D eigenvalue weighted by Gasteiger charge is 2.13. The van der Waals surface area contributed by atoms with Crippen LogP contribution >= 0.6 is 12.2 Å². The zero-order valence-corrected chi connectivity index (χ0v) is 14.1. The third-order valence-electron chi connectivity index (χ3n) is 2.99. The molecule has 0 saturated carbocycles. The number of H-pyrrole nitrogens is 1. The number of ether oxygens (including phenoxy) is 1. The second-order valence-corrected chi connectivity index (χ2v) is 5.33. The van der Waals surface area contributed by atoms with Crippen molar-refractivity contribution in [3.8, 4) is 0 Å². The van der Waals surface area contributed by atoms with E-state index in [-0.39, 0.29) is 18.4 Å². The second kappa shape index (κ2) is 9.32. The monoisotopic (exact) mass is 325 g/mol. The molecule has 0 spiro atoms. The Kier molecular flexibility index (Phi) is 7.76. The molecule has 1 aromatic rings. The molecule has 6 nitrogen and oxygen atoms in total. The van der Waals surface area contributed by atoms with E-state index in [2.05, 4.69) is 15.6 Å². The molecule has 22 heavy (non-hydrogen) atoms. The van der Waals surface area contributed by atoms with Crippen molar-refractivity contribution >= 4 is 24.0 Å².